The van der Waals surface area contributed by atoms with Crippen LogP contribution in [0.2, 0.25) is 0 Å². The average molecular weight is 573 g/mol. The Morgan fingerprint density at radius 2 is 1.67 bits per heavy atom. The Hall–Kier alpha value is -4.56. The van der Waals surface area contributed by atoms with Crippen molar-refractivity contribution < 1.29 is 9.90 Å². The van der Waals surface area contributed by atoms with E-state index in [4.69, 9.17) is 15.7 Å². The summed E-state index contributed by atoms with van der Waals surface area (Å²) in [6.07, 6.45) is 6.51. The van der Waals surface area contributed by atoms with Gasteiger partial charge in [-0.3, -0.25) is 9.36 Å². The van der Waals surface area contributed by atoms with Crippen LogP contribution in [0.5, 0.6) is 0 Å². The summed E-state index contributed by atoms with van der Waals surface area (Å²) in [5, 5.41) is 9.32. The molecule has 218 valence electrons. The Labute approximate surface area is 251 Å². The number of aromatic nitrogens is 4. The van der Waals surface area contributed by atoms with E-state index in [9.17, 15) is 9.90 Å². The van der Waals surface area contributed by atoms with Gasteiger partial charge in [0.1, 0.15) is 11.3 Å². The van der Waals surface area contributed by atoms with Gasteiger partial charge in [0.15, 0.2) is 11.5 Å². The van der Waals surface area contributed by atoms with Crippen LogP contribution in [0.4, 0.5) is 5.82 Å². The van der Waals surface area contributed by atoms with Crippen LogP contribution in [0.15, 0.2) is 85.1 Å². The van der Waals surface area contributed by atoms with Crippen molar-refractivity contribution in [3.05, 3.63) is 90.6 Å². The number of carboxylic acids is 1. The zero-order valence-electron chi connectivity index (χ0n) is 24.1. The van der Waals surface area contributed by atoms with Gasteiger partial charge in [-0.05, 0) is 92.4 Å². The lowest BCUT2D eigenvalue weighted by atomic mass is 9.82. The first kappa shape index (κ1) is 27.3. The second-order valence-electron chi connectivity index (χ2n) is 12.0. The van der Waals surface area contributed by atoms with Crippen molar-refractivity contribution in [2.24, 2.45) is 11.8 Å². The molecule has 1 atom stereocenters. The Bertz CT molecular complexity index is 1740. The van der Waals surface area contributed by atoms with Crippen molar-refractivity contribution >= 4 is 23.0 Å². The van der Waals surface area contributed by atoms with Crippen molar-refractivity contribution in [2.45, 2.75) is 38.0 Å². The Balaban J connectivity index is 1.16. The quantitative estimate of drug-likeness (QED) is 0.232. The molecule has 3 aromatic heterocycles. The number of anilines is 1. The molecule has 8 heteroatoms. The van der Waals surface area contributed by atoms with Crippen molar-refractivity contribution in [2.75, 3.05) is 25.4 Å². The number of nitrogens with two attached hydrogens (primary N) is 1. The molecule has 5 aromatic rings. The van der Waals surface area contributed by atoms with E-state index in [2.05, 4.69) is 50.8 Å². The number of nitrogen functional groups attached to an aromatic ring is 1. The lowest BCUT2D eigenvalue weighted by Crippen LogP contribution is -2.31. The molecule has 0 bridgehead atoms. The summed E-state index contributed by atoms with van der Waals surface area (Å²) in [4.78, 5) is 28.3. The van der Waals surface area contributed by atoms with Gasteiger partial charge in [-0.15, -0.1) is 0 Å². The largest absolute Gasteiger partial charge is 0.481 e. The molecule has 0 radical (unpaired) electrons. The van der Waals surface area contributed by atoms with E-state index in [0.29, 0.717) is 17.7 Å². The fourth-order valence-corrected chi connectivity index (χ4v) is 6.88. The average Bonchev–Trinajstić information content (AvgIpc) is 3.66. The molecule has 7 rings (SSSR count). The van der Waals surface area contributed by atoms with Gasteiger partial charge in [0.25, 0.3) is 0 Å². The molecule has 0 spiro atoms. The van der Waals surface area contributed by atoms with Crippen LogP contribution in [0.1, 0.15) is 43.6 Å². The number of benzene rings is 2. The first-order valence-electron chi connectivity index (χ1n) is 15.2. The van der Waals surface area contributed by atoms with Gasteiger partial charge in [-0.1, -0.05) is 42.5 Å². The van der Waals surface area contributed by atoms with Crippen molar-refractivity contribution in [3.8, 4) is 28.3 Å². The number of rotatable bonds is 7. The third-order valence-electron chi connectivity index (χ3n) is 9.26. The summed E-state index contributed by atoms with van der Waals surface area (Å²) in [5.74, 6) is 1.47. The topological polar surface area (TPSA) is 110 Å². The zero-order chi connectivity index (χ0) is 29.3. The number of carboxylic acid groups (broad SMARTS) is 1. The molecule has 1 saturated carbocycles. The molecular formula is C35H36N6O2. The fourth-order valence-electron chi connectivity index (χ4n) is 6.88. The van der Waals surface area contributed by atoms with Crippen molar-refractivity contribution in [3.63, 3.8) is 0 Å². The number of aliphatic carboxylic acids is 1. The summed E-state index contributed by atoms with van der Waals surface area (Å²) in [6.45, 7) is 3.22. The summed E-state index contributed by atoms with van der Waals surface area (Å²) in [6, 6.07) is 26.9. The van der Waals surface area contributed by atoms with E-state index in [1.807, 2.05) is 42.5 Å². The van der Waals surface area contributed by atoms with E-state index < -0.39 is 5.97 Å². The Morgan fingerprint density at radius 3 is 2.42 bits per heavy atom. The fraction of sp³-hybridized carbons (Fsp3) is 0.314. The van der Waals surface area contributed by atoms with Crippen LogP contribution in [0.25, 0.3) is 39.5 Å². The van der Waals surface area contributed by atoms with Crippen LogP contribution in [0, 0.1) is 11.8 Å². The van der Waals surface area contributed by atoms with Gasteiger partial charge < -0.3 is 15.7 Å². The Morgan fingerprint density at radius 1 is 0.884 bits per heavy atom. The standard InChI is InChI=1S/C35H36N6O2/c36-32-29(7-4-19-37-32)33-39-31-17-16-30(25-5-2-1-3-6-25)38-34(31)41(33)28-14-12-24(13-15-28)27-18-20-40(22-27)21-23-8-10-26(11-9-23)35(42)43/h1-7,12-17,19,23,26-27H,8-11,18,20-22H2,(H2,36,37)(H,42,43)/t23?,26?,27-/m0/s1. The highest BCUT2D eigenvalue weighted by Gasteiger charge is 2.30. The molecule has 8 nitrogen and oxygen atoms in total. The van der Waals surface area contributed by atoms with Crippen LogP contribution in [-0.4, -0.2) is 55.1 Å². The zero-order valence-corrected chi connectivity index (χ0v) is 24.1. The number of nitrogens with zero attached hydrogens (tertiary/aromatic N) is 5. The molecule has 0 unspecified atom stereocenters. The molecule has 2 aromatic carbocycles. The third kappa shape index (κ3) is 5.50. The Kier molecular flexibility index (Phi) is 7.37. The molecule has 1 saturated heterocycles. The second-order valence-corrected chi connectivity index (χ2v) is 12.0. The second kappa shape index (κ2) is 11.6. The minimum atomic E-state index is -0.629. The molecule has 4 heterocycles. The summed E-state index contributed by atoms with van der Waals surface area (Å²) in [7, 11) is 0. The summed E-state index contributed by atoms with van der Waals surface area (Å²) in [5.41, 5.74) is 12.9. The number of hydrogen-bond acceptors (Lipinski definition) is 6. The highest BCUT2D eigenvalue weighted by molar-refractivity contribution is 5.84. The highest BCUT2D eigenvalue weighted by atomic mass is 16.4. The number of fused-ring (bicyclic) bond motifs is 1. The maximum absolute atomic E-state index is 11.3. The van der Waals surface area contributed by atoms with E-state index >= 15 is 0 Å². The minimum Gasteiger partial charge on any atom is -0.481 e. The first-order valence-corrected chi connectivity index (χ1v) is 15.2. The first-order chi connectivity index (χ1) is 21.0. The number of imidazole rings is 1. The monoisotopic (exact) mass is 572 g/mol. The SMILES string of the molecule is Nc1ncccc1-c1nc2ccc(-c3ccccc3)nc2n1-c1ccc([C@H]2CCN(CC3CCC(C(=O)O)CC3)C2)cc1. The molecule has 2 fully saturated rings. The molecule has 1 aliphatic carbocycles. The maximum atomic E-state index is 11.3. The number of pyridine rings is 2. The van der Waals surface area contributed by atoms with Gasteiger partial charge in [0.05, 0.1) is 17.2 Å². The van der Waals surface area contributed by atoms with Gasteiger partial charge in [-0.25, -0.2) is 15.0 Å². The number of likely N-dealkylation sites (tertiary alicyclic amines) is 1. The lowest BCUT2D eigenvalue weighted by Gasteiger charge is -2.29. The molecular weight excluding hydrogens is 536 g/mol. The summed E-state index contributed by atoms with van der Waals surface area (Å²) >= 11 is 0. The van der Waals surface area contributed by atoms with Gasteiger partial charge in [0, 0.05) is 30.5 Å². The van der Waals surface area contributed by atoms with Crippen LogP contribution in [0.3, 0.4) is 0 Å². The molecule has 1 aliphatic heterocycles. The van der Waals surface area contributed by atoms with E-state index in [0.717, 1.165) is 91.2 Å². The van der Waals surface area contributed by atoms with Crippen LogP contribution in [-0.2, 0) is 4.79 Å². The molecule has 43 heavy (non-hydrogen) atoms. The van der Waals surface area contributed by atoms with Gasteiger partial charge in [0.2, 0.25) is 0 Å². The predicted molar refractivity (Wildman–Crippen MR) is 169 cm³/mol. The lowest BCUT2D eigenvalue weighted by molar-refractivity contribution is -0.143. The molecule has 3 N–H and O–H groups in total. The normalized spacial score (nSPS) is 20.9. The molecule has 2 aliphatic rings. The van der Waals surface area contributed by atoms with Crippen LogP contribution >= 0.6 is 0 Å². The predicted octanol–water partition coefficient (Wildman–Crippen LogP) is 6.41. The summed E-state index contributed by atoms with van der Waals surface area (Å²) < 4.78 is 2.09. The maximum Gasteiger partial charge on any atom is 0.306 e. The highest BCUT2D eigenvalue weighted by Crippen LogP contribution is 2.35. The third-order valence-corrected chi connectivity index (χ3v) is 9.26. The van der Waals surface area contributed by atoms with E-state index in [1.54, 1.807) is 6.20 Å². The number of hydrogen-bond donors (Lipinski definition) is 2. The van der Waals surface area contributed by atoms with Crippen molar-refractivity contribution in [1.82, 2.24) is 24.4 Å². The minimum absolute atomic E-state index is 0.149. The molecule has 0 amide bonds. The van der Waals surface area contributed by atoms with E-state index in [-0.39, 0.29) is 5.92 Å². The smallest absolute Gasteiger partial charge is 0.306 e. The van der Waals surface area contributed by atoms with Crippen LogP contribution < -0.4 is 5.73 Å². The van der Waals surface area contributed by atoms with Crippen molar-refractivity contribution in [1.29, 1.82) is 0 Å². The number of carbonyl (C=O) groups is 1. The van der Waals surface area contributed by atoms with Gasteiger partial charge in [-0.2, -0.15) is 0 Å². The van der Waals surface area contributed by atoms with E-state index in [1.165, 1.54) is 5.56 Å². The van der Waals surface area contributed by atoms with Gasteiger partial charge >= 0.3 is 5.97 Å².